The van der Waals surface area contributed by atoms with Crippen molar-refractivity contribution in [3.05, 3.63) is 65.2 Å². The minimum atomic E-state index is -0.192. The average Bonchev–Trinajstić information content (AvgIpc) is 3.05. The van der Waals surface area contributed by atoms with E-state index >= 15 is 0 Å². The molecule has 4 N–H and O–H groups in total. The molecule has 0 aromatic heterocycles. The number of amides is 1. The minimum absolute atomic E-state index is 0. The third-order valence-electron chi connectivity index (χ3n) is 4.46. The van der Waals surface area contributed by atoms with Crippen molar-refractivity contribution in [3.8, 4) is 5.75 Å². The zero-order chi connectivity index (χ0) is 18.5. The summed E-state index contributed by atoms with van der Waals surface area (Å²) < 4.78 is 5.97. The van der Waals surface area contributed by atoms with Gasteiger partial charge in [0.15, 0.2) is 0 Å². The number of nitrogens with two attached hydrogens (primary N) is 1. The van der Waals surface area contributed by atoms with Crippen molar-refractivity contribution in [1.82, 2.24) is 10.2 Å². The van der Waals surface area contributed by atoms with Crippen molar-refractivity contribution in [1.29, 1.82) is 5.41 Å². The maximum Gasteiger partial charge on any atom is 0.251 e. The van der Waals surface area contributed by atoms with E-state index in [2.05, 4.69) is 17.3 Å². The van der Waals surface area contributed by atoms with Gasteiger partial charge in [0.2, 0.25) is 0 Å². The summed E-state index contributed by atoms with van der Waals surface area (Å²) in [5.41, 5.74) is 7.49. The van der Waals surface area contributed by atoms with Gasteiger partial charge in [-0.25, -0.2) is 0 Å². The highest BCUT2D eigenvalue weighted by molar-refractivity contribution is 5.99. The number of rotatable bonds is 6. The molecule has 0 bridgehead atoms. The lowest BCUT2D eigenvalue weighted by Crippen LogP contribution is -2.23. The van der Waals surface area contributed by atoms with Crippen LogP contribution in [0, 0.1) is 5.41 Å². The van der Waals surface area contributed by atoms with Crippen molar-refractivity contribution in [2.75, 3.05) is 20.1 Å². The lowest BCUT2D eigenvalue weighted by molar-refractivity contribution is 0.0951. The number of ether oxygens (including phenoxy) is 1. The summed E-state index contributed by atoms with van der Waals surface area (Å²) in [6.07, 6.45) is 1.30. The molecule has 1 saturated heterocycles. The molecule has 0 radical (unpaired) electrons. The number of nitrogens with one attached hydrogen (secondary N) is 2. The lowest BCUT2D eigenvalue weighted by Gasteiger charge is -2.14. The van der Waals surface area contributed by atoms with Gasteiger partial charge in [-0.2, -0.15) is 0 Å². The van der Waals surface area contributed by atoms with Crippen LogP contribution in [0.15, 0.2) is 48.5 Å². The smallest absolute Gasteiger partial charge is 0.251 e. The van der Waals surface area contributed by atoms with Crippen molar-refractivity contribution >= 4 is 24.1 Å². The van der Waals surface area contributed by atoms with Gasteiger partial charge in [-0.15, -0.1) is 12.4 Å². The van der Waals surface area contributed by atoms with Crippen LogP contribution >= 0.6 is 12.4 Å². The molecule has 7 heteroatoms. The van der Waals surface area contributed by atoms with Crippen LogP contribution < -0.4 is 15.8 Å². The minimum Gasteiger partial charge on any atom is -0.489 e. The average molecular weight is 389 g/mol. The largest absolute Gasteiger partial charge is 0.489 e. The van der Waals surface area contributed by atoms with Crippen LogP contribution in [0.5, 0.6) is 5.75 Å². The Balaban J connectivity index is 0.00000261. The molecule has 0 saturated carbocycles. The van der Waals surface area contributed by atoms with Crippen LogP contribution in [-0.2, 0) is 6.54 Å². The summed E-state index contributed by atoms with van der Waals surface area (Å²) in [6.45, 7) is 2.45. The van der Waals surface area contributed by atoms with E-state index in [1.165, 1.54) is 0 Å². The highest BCUT2D eigenvalue weighted by atomic mass is 35.5. The molecule has 1 unspecified atom stereocenters. The van der Waals surface area contributed by atoms with Crippen molar-refractivity contribution in [2.24, 2.45) is 5.73 Å². The summed E-state index contributed by atoms with van der Waals surface area (Å²) in [5, 5.41) is 10.3. The Hall–Kier alpha value is -2.57. The fourth-order valence-electron chi connectivity index (χ4n) is 2.98. The van der Waals surface area contributed by atoms with Crippen LogP contribution in [0.3, 0.4) is 0 Å². The Bertz CT molecular complexity index is 795. The maximum atomic E-state index is 12.3. The number of carbonyl (C=O) groups is 1. The molecule has 2 aromatic rings. The molecule has 1 atom stereocenters. The number of amidine groups is 1. The number of carbonyl (C=O) groups excluding carboxylic acids is 1. The van der Waals surface area contributed by atoms with Crippen LogP contribution in [0.2, 0.25) is 0 Å². The highest BCUT2D eigenvalue weighted by Crippen LogP contribution is 2.18. The van der Waals surface area contributed by atoms with Gasteiger partial charge in [-0.1, -0.05) is 24.3 Å². The molecule has 2 aromatic carbocycles. The van der Waals surface area contributed by atoms with E-state index in [0.29, 0.717) is 17.7 Å². The van der Waals surface area contributed by atoms with Gasteiger partial charge in [0.05, 0.1) is 0 Å². The van der Waals surface area contributed by atoms with Crippen LogP contribution in [0.25, 0.3) is 0 Å². The van der Waals surface area contributed by atoms with E-state index in [0.717, 1.165) is 30.8 Å². The number of halogens is 1. The van der Waals surface area contributed by atoms with Crippen LogP contribution in [-0.4, -0.2) is 42.9 Å². The van der Waals surface area contributed by atoms with Gasteiger partial charge in [-0.3, -0.25) is 10.2 Å². The van der Waals surface area contributed by atoms with Gasteiger partial charge in [0.1, 0.15) is 17.7 Å². The molecule has 6 nitrogen and oxygen atoms in total. The first-order valence-corrected chi connectivity index (χ1v) is 8.68. The summed E-state index contributed by atoms with van der Waals surface area (Å²) in [5.74, 6) is 0.612. The van der Waals surface area contributed by atoms with E-state index in [9.17, 15) is 4.79 Å². The zero-order valence-electron chi connectivity index (χ0n) is 15.3. The second kappa shape index (κ2) is 9.39. The molecule has 27 heavy (non-hydrogen) atoms. The first-order valence-electron chi connectivity index (χ1n) is 8.68. The molecule has 1 heterocycles. The quantitative estimate of drug-likeness (QED) is 0.523. The number of hydrogen-bond acceptors (Lipinski definition) is 4. The van der Waals surface area contributed by atoms with E-state index in [1.54, 1.807) is 24.3 Å². The second-order valence-corrected chi connectivity index (χ2v) is 6.61. The monoisotopic (exact) mass is 388 g/mol. The number of likely N-dealkylation sites (N-methyl/N-ethyl adjacent to an activating group) is 1. The SMILES string of the molecule is CN1CCC(Oc2ccc(CNC(=O)c3cccc(C(=N)N)c3)cc2)C1.Cl. The predicted molar refractivity (Wildman–Crippen MR) is 109 cm³/mol. The fourth-order valence-corrected chi connectivity index (χ4v) is 2.98. The standard InChI is InChI=1S/C20H24N4O2.ClH/c1-24-10-9-18(13-24)26-17-7-5-14(6-8-17)12-23-20(25)16-4-2-3-15(11-16)19(21)22;/h2-8,11,18H,9-10,12-13H2,1H3,(H3,21,22)(H,23,25);1H. The molecule has 1 fully saturated rings. The number of hydrogen-bond donors (Lipinski definition) is 3. The molecule has 3 rings (SSSR count). The Morgan fingerprint density at radius 2 is 1.96 bits per heavy atom. The third-order valence-corrected chi connectivity index (χ3v) is 4.46. The summed E-state index contributed by atoms with van der Waals surface area (Å²) >= 11 is 0. The molecular formula is C20H25ClN4O2. The van der Waals surface area contributed by atoms with Crippen molar-refractivity contribution in [3.63, 3.8) is 0 Å². The van der Waals surface area contributed by atoms with Gasteiger partial charge in [0.25, 0.3) is 5.91 Å². The maximum absolute atomic E-state index is 12.3. The topological polar surface area (TPSA) is 91.4 Å². The van der Waals surface area contributed by atoms with Crippen molar-refractivity contribution in [2.45, 2.75) is 19.1 Å². The Kier molecular flexibility index (Phi) is 7.21. The number of benzene rings is 2. The highest BCUT2D eigenvalue weighted by Gasteiger charge is 2.20. The van der Waals surface area contributed by atoms with Gasteiger partial charge >= 0.3 is 0 Å². The zero-order valence-corrected chi connectivity index (χ0v) is 16.1. The summed E-state index contributed by atoms with van der Waals surface area (Å²) in [4.78, 5) is 14.5. The second-order valence-electron chi connectivity index (χ2n) is 6.61. The molecule has 1 amide bonds. The molecule has 0 aliphatic carbocycles. The van der Waals surface area contributed by atoms with E-state index < -0.39 is 0 Å². The lowest BCUT2D eigenvalue weighted by atomic mass is 10.1. The normalized spacial score (nSPS) is 16.4. The first kappa shape index (κ1) is 20.7. The number of likely N-dealkylation sites (tertiary alicyclic amines) is 1. The van der Waals surface area contributed by atoms with E-state index in [-0.39, 0.29) is 30.3 Å². The fraction of sp³-hybridized carbons (Fsp3) is 0.300. The number of nitrogens with zero attached hydrogens (tertiary/aromatic N) is 1. The van der Waals surface area contributed by atoms with Crippen molar-refractivity contribution < 1.29 is 9.53 Å². The molecule has 144 valence electrons. The molecule has 1 aliphatic heterocycles. The van der Waals surface area contributed by atoms with Gasteiger partial charge in [-0.05, 0) is 43.3 Å². The molecule has 0 spiro atoms. The number of nitrogen functional groups attached to an aromatic ring is 1. The van der Waals surface area contributed by atoms with E-state index in [1.807, 2.05) is 24.3 Å². The third kappa shape index (κ3) is 5.70. The Morgan fingerprint density at radius 1 is 1.26 bits per heavy atom. The predicted octanol–water partition coefficient (Wildman–Crippen LogP) is 2.41. The molecular weight excluding hydrogens is 364 g/mol. The summed E-state index contributed by atoms with van der Waals surface area (Å²) in [7, 11) is 2.10. The van der Waals surface area contributed by atoms with Crippen LogP contribution in [0.4, 0.5) is 0 Å². The van der Waals surface area contributed by atoms with Crippen LogP contribution in [0.1, 0.15) is 27.9 Å². The van der Waals surface area contributed by atoms with Gasteiger partial charge < -0.3 is 20.7 Å². The summed E-state index contributed by atoms with van der Waals surface area (Å²) in [6, 6.07) is 14.6. The Labute approximate surface area is 165 Å². The molecule has 1 aliphatic rings. The Morgan fingerprint density at radius 3 is 2.59 bits per heavy atom. The van der Waals surface area contributed by atoms with Gasteiger partial charge in [0, 0.05) is 30.8 Å². The first-order chi connectivity index (χ1) is 12.5. The van der Waals surface area contributed by atoms with E-state index in [4.69, 9.17) is 15.9 Å².